The molecule has 2 heterocycles. The van der Waals surface area contributed by atoms with Crippen LogP contribution >= 0.6 is 0 Å². The molecule has 4 heteroatoms. The number of carboxylic acid groups (broad SMARTS) is 1. The summed E-state index contributed by atoms with van der Waals surface area (Å²) in [6.07, 6.45) is 1.81. The molecular formula is C14H13NO3. The van der Waals surface area contributed by atoms with Gasteiger partial charge < -0.3 is 9.84 Å². The quantitative estimate of drug-likeness (QED) is 0.875. The minimum absolute atomic E-state index is 0.243. The Labute approximate surface area is 104 Å². The zero-order valence-electron chi connectivity index (χ0n) is 10.0. The molecule has 1 aromatic carbocycles. The highest BCUT2D eigenvalue weighted by Crippen LogP contribution is 2.34. The number of aryl methyl sites for hydroxylation is 1. The Kier molecular flexibility index (Phi) is 2.35. The smallest absolute Gasteiger partial charge is 0.318 e. The van der Waals surface area contributed by atoms with Gasteiger partial charge in [0.15, 0.2) is 0 Å². The van der Waals surface area contributed by atoms with Crippen molar-refractivity contribution >= 4 is 16.9 Å². The van der Waals surface area contributed by atoms with Crippen molar-refractivity contribution in [2.24, 2.45) is 0 Å². The lowest BCUT2D eigenvalue weighted by Crippen LogP contribution is -2.53. The van der Waals surface area contributed by atoms with E-state index < -0.39 is 11.4 Å². The van der Waals surface area contributed by atoms with E-state index >= 15 is 0 Å². The van der Waals surface area contributed by atoms with Crippen LogP contribution in [0.3, 0.4) is 0 Å². The predicted molar refractivity (Wildman–Crippen MR) is 66.6 cm³/mol. The second-order valence-electron chi connectivity index (χ2n) is 4.80. The van der Waals surface area contributed by atoms with Crippen molar-refractivity contribution in [1.82, 2.24) is 4.98 Å². The van der Waals surface area contributed by atoms with Crippen LogP contribution in [-0.2, 0) is 14.9 Å². The van der Waals surface area contributed by atoms with Crippen molar-refractivity contribution < 1.29 is 14.6 Å². The molecule has 92 valence electrons. The lowest BCUT2D eigenvalue weighted by molar-refractivity contribution is -0.163. The topological polar surface area (TPSA) is 59.4 Å². The fourth-order valence-corrected chi connectivity index (χ4v) is 2.26. The number of hydrogen-bond acceptors (Lipinski definition) is 3. The summed E-state index contributed by atoms with van der Waals surface area (Å²) in [5.74, 6) is -0.825. The maximum Gasteiger partial charge on any atom is 0.318 e. The molecule has 1 aliphatic rings. The lowest BCUT2D eigenvalue weighted by atomic mass is 9.78. The first-order valence-corrected chi connectivity index (χ1v) is 5.80. The molecule has 1 aromatic heterocycles. The average molecular weight is 243 g/mol. The van der Waals surface area contributed by atoms with Crippen LogP contribution in [0.5, 0.6) is 0 Å². The molecular weight excluding hydrogens is 230 g/mol. The fraction of sp³-hybridized carbons (Fsp3) is 0.286. The number of ether oxygens (including phenoxy) is 1. The van der Waals surface area contributed by atoms with Crippen molar-refractivity contribution in [2.45, 2.75) is 12.3 Å². The first kappa shape index (κ1) is 11.2. The Morgan fingerprint density at radius 2 is 2.17 bits per heavy atom. The van der Waals surface area contributed by atoms with Crippen LogP contribution < -0.4 is 0 Å². The minimum Gasteiger partial charge on any atom is -0.480 e. The molecule has 2 aromatic rings. The van der Waals surface area contributed by atoms with Crippen LogP contribution in [0.1, 0.15) is 11.1 Å². The fourth-order valence-electron chi connectivity index (χ4n) is 2.26. The lowest BCUT2D eigenvalue weighted by Gasteiger charge is -2.37. The molecule has 1 saturated heterocycles. The van der Waals surface area contributed by atoms with Crippen LogP contribution in [-0.4, -0.2) is 29.3 Å². The van der Waals surface area contributed by atoms with E-state index in [4.69, 9.17) is 4.74 Å². The van der Waals surface area contributed by atoms with Crippen molar-refractivity contribution in [2.75, 3.05) is 13.2 Å². The Hall–Kier alpha value is -1.94. The van der Waals surface area contributed by atoms with Gasteiger partial charge in [0.25, 0.3) is 0 Å². The van der Waals surface area contributed by atoms with Crippen LogP contribution in [0.15, 0.2) is 30.5 Å². The molecule has 4 nitrogen and oxygen atoms in total. The summed E-state index contributed by atoms with van der Waals surface area (Å²) in [6, 6.07) is 7.63. The second-order valence-corrected chi connectivity index (χ2v) is 4.80. The highest BCUT2D eigenvalue weighted by molar-refractivity contribution is 5.86. The van der Waals surface area contributed by atoms with E-state index in [-0.39, 0.29) is 13.2 Å². The maximum atomic E-state index is 11.4. The van der Waals surface area contributed by atoms with Gasteiger partial charge in [-0.15, -0.1) is 0 Å². The molecule has 1 fully saturated rings. The molecule has 1 N–H and O–H groups in total. The summed E-state index contributed by atoms with van der Waals surface area (Å²) in [5, 5.41) is 10.3. The third-order valence-corrected chi connectivity index (χ3v) is 3.48. The van der Waals surface area contributed by atoms with Gasteiger partial charge in [-0.25, -0.2) is 0 Å². The Bertz CT molecular complexity index is 632. The maximum absolute atomic E-state index is 11.4. The van der Waals surface area contributed by atoms with Crippen LogP contribution in [0, 0.1) is 6.92 Å². The summed E-state index contributed by atoms with van der Waals surface area (Å²) >= 11 is 0. The number of aromatic nitrogens is 1. The van der Waals surface area contributed by atoms with E-state index in [0.717, 1.165) is 22.0 Å². The van der Waals surface area contributed by atoms with E-state index in [2.05, 4.69) is 4.98 Å². The van der Waals surface area contributed by atoms with Crippen molar-refractivity contribution in [3.8, 4) is 0 Å². The predicted octanol–water partition coefficient (Wildman–Crippen LogP) is 1.90. The van der Waals surface area contributed by atoms with Gasteiger partial charge >= 0.3 is 5.97 Å². The number of fused-ring (bicyclic) bond motifs is 1. The molecule has 0 atom stereocenters. The van der Waals surface area contributed by atoms with Crippen LogP contribution in [0.25, 0.3) is 10.9 Å². The number of pyridine rings is 1. The molecule has 1 aliphatic heterocycles. The molecule has 3 rings (SSSR count). The molecule has 0 amide bonds. The first-order chi connectivity index (χ1) is 8.62. The SMILES string of the molecule is Cc1cnc2ccc(C3(C(=O)O)COC3)cc2c1. The van der Waals surface area contributed by atoms with E-state index in [1.54, 1.807) is 6.20 Å². The van der Waals surface area contributed by atoms with Crippen LogP contribution in [0.2, 0.25) is 0 Å². The summed E-state index contributed by atoms with van der Waals surface area (Å²) in [4.78, 5) is 15.7. The standard InChI is InChI=1S/C14H13NO3/c1-9-4-10-5-11(2-3-12(10)15-6-9)14(13(16)17)7-18-8-14/h2-6H,7-8H2,1H3,(H,16,17). The first-order valence-electron chi connectivity index (χ1n) is 5.80. The Balaban J connectivity index is 2.15. The third-order valence-electron chi connectivity index (χ3n) is 3.48. The van der Waals surface area contributed by atoms with Gasteiger partial charge in [-0.1, -0.05) is 6.07 Å². The Morgan fingerprint density at radius 1 is 1.39 bits per heavy atom. The summed E-state index contributed by atoms with van der Waals surface area (Å²) in [5.41, 5.74) is 1.86. The molecule has 0 aliphatic carbocycles. The summed E-state index contributed by atoms with van der Waals surface area (Å²) in [7, 11) is 0. The van der Waals surface area contributed by atoms with E-state index in [1.807, 2.05) is 31.2 Å². The number of rotatable bonds is 2. The number of benzene rings is 1. The molecule has 0 saturated carbocycles. The molecule has 18 heavy (non-hydrogen) atoms. The van der Waals surface area contributed by atoms with E-state index in [9.17, 15) is 9.90 Å². The van der Waals surface area contributed by atoms with Crippen molar-refractivity contribution in [3.05, 3.63) is 41.6 Å². The minimum atomic E-state index is -0.877. The molecule has 0 spiro atoms. The van der Waals surface area contributed by atoms with Gasteiger partial charge in [0, 0.05) is 11.6 Å². The van der Waals surface area contributed by atoms with Crippen molar-refractivity contribution in [1.29, 1.82) is 0 Å². The molecule has 0 unspecified atom stereocenters. The largest absolute Gasteiger partial charge is 0.480 e. The zero-order chi connectivity index (χ0) is 12.8. The van der Waals surface area contributed by atoms with Gasteiger partial charge in [0.2, 0.25) is 0 Å². The van der Waals surface area contributed by atoms with Gasteiger partial charge in [-0.3, -0.25) is 9.78 Å². The molecule has 0 radical (unpaired) electrons. The number of hydrogen-bond donors (Lipinski definition) is 1. The Morgan fingerprint density at radius 3 is 2.78 bits per heavy atom. The monoisotopic (exact) mass is 243 g/mol. The highest BCUT2D eigenvalue weighted by Gasteiger charge is 2.47. The third kappa shape index (κ3) is 1.49. The van der Waals surface area contributed by atoms with Crippen molar-refractivity contribution in [3.63, 3.8) is 0 Å². The number of carboxylic acids is 1. The van der Waals surface area contributed by atoms with Gasteiger partial charge in [0.05, 0.1) is 18.7 Å². The second kappa shape index (κ2) is 3.78. The highest BCUT2D eigenvalue weighted by atomic mass is 16.5. The number of carbonyl (C=O) groups is 1. The van der Waals surface area contributed by atoms with E-state index in [0.29, 0.717) is 0 Å². The van der Waals surface area contributed by atoms with Gasteiger partial charge in [-0.05, 0) is 36.2 Å². The summed E-state index contributed by atoms with van der Waals surface area (Å²) < 4.78 is 5.09. The van der Waals surface area contributed by atoms with Gasteiger partial charge in [0.1, 0.15) is 5.41 Å². The molecule has 0 bridgehead atoms. The number of aliphatic carboxylic acids is 1. The normalized spacial score (nSPS) is 17.4. The van der Waals surface area contributed by atoms with Gasteiger partial charge in [-0.2, -0.15) is 0 Å². The summed E-state index contributed by atoms with van der Waals surface area (Å²) in [6.45, 7) is 2.46. The average Bonchev–Trinajstić information content (AvgIpc) is 2.26. The zero-order valence-corrected chi connectivity index (χ0v) is 10.0. The number of nitrogens with zero attached hydrogens (tertiary/aromatic N) is 1. The van der Waals surface area contributed by atoms with Crippen LogP contribution in [0.4, 0.5) is 0 Å². The van der Waals surface area contributed by atoms with E-state index in [1.165, 1.54) is 0 Å².